The van der Waals surface area contributed by atoms with E-state index in [1.165, 1.54) is 38.5 Å². The molecule has 0 bridgehead atoms. The molecule has 3 fully saturated rings. The molecule has 0 radical (unpaired) electrons. The van der Waals surface area contributed by atoms with Crippen LogP contribution in [0.15, 0.2) is 11.6 Å². The number of carbonyl (C=O) groups is 1. The average molecular weight is 667 g/mol. The van der Waals surface area contributed by atoms with Gasteiger partial charge in [0.2, 0.25) is 0 Å². The molecule has 4 rings (SSSR count). The van der Waals surface area contributed by atoms with E-state index in [0.29, 0.717) is 29.6 Å². The van der Waals surface area contributed by atoms with Gasteiger partial charge in [0.05, 0.1) is 0 Å². The Kier molecular flexibility index (Phi) is 116. The van der Waals surface area contributed by atoms with Gasteiger partial charge in [0.1, 0.15) is 5.78 Å². The molecule has 0 spiro atoms. The fourth-order valence-electron chi connectivity index (χ4n) is 7.56. The number of Topliss-reactive ketones (excluding diaryl/α,β-unsaturated/α-hetero) is 1. The molecule has 7 unspecified atom stereocenters. The number of fused-ring (bicyclic) bond motifs is 5. The fraction of sp³-hybridized carbons (Fsp3) is 0.930. The number of carbonyl (C=O) groups excluding carboxylic acids is 1. The van der Waals surface area contributed by atoms with Gasteiger partial charge in [0.15, 0.2) is 0 Å². The first-order valence-corrected chi connectivity index (χ1v) is 10.2. The SMILES string of the molecule is C.C.C.C.C.C.C.C.C.C.C.C.C.C.C.C.C.C.C.C.C.CC(=O)C1CCC2C3CC=C4CC(CO)CCC4(C)C3CCC12C. The zero-order valence-corrected chi connectivity index (χ0v) is 15.7. The van der Waals surface area contributed by atoms with Gasteiger partial charge in [0.25, 0.3) is 0 Å². The maximum atomic E-state index is 12.2. The second-order valence-corrected chi connectivity index (χ2v) is 9.84. The van der Waals surface area contributed by atoms with Crippen LogP contribution in [0.4, 0.5) is 0 Å². The Labute approximate surface area is 301 Å². The number of hydrogen-bond acceptors (Lipinski definition) is 2. The molecule has 7 atom stereocenters. The molecule has 0 heterocycles. The molecule has 0 aliphatic heterocycles. The van der Waals surface area contributed by atoms with Crippen LogP contribution in [0.1, 0.15) is 228 Å². The number of ketones is 1. The van der Waals surface area contributed by atoms with Crippen molar-refractivity contribution in [3.63, 3.8) is 0 Å². The van der Waals surface area contributed by atoms with Gasteiger partial charge < -0.3 is 5.11 Å². The van der Waals surface area contributed by atoms with Crippen molar-refractivity contribution in [2.75, 3.05) is 6.61 Å². The van der Waals surface area contributed by atoms with Gasteiger partial charge in [-0.3, -0.25) is 4.79 Å². The fourth-order valence-corrected chi connectivity index (χ4v) is 7.56. The molecular weight excluding hydrogens is 548 g/mol. The van der Waals surface area contributed by atoms with E-state index in [-0.39, 0.29) is 161 Å². The van der Waals surface area contributed by atoms with Gasteiger partial charge in [0, 0.05) is 12.5 Å². The van der Waals surface area contributed by atoms with Gasteiger partial charge >= 0.3 is 0 Å². The first kappa shape index (κ1) is 120. The van der Waals surface area contributed by atoms with Gasteiger partial charge in [-0.15, -0.1) is 0 Å². The van der Waals surface area contributed by atoms with E-state index in [9.17, 15) is 9.90 Å². The summed E-state index contributed by atoms with van der Waals surface area (Å²) in [7, 11) is 0. The summed E-state index contributed by atoms with van der Waals surface area (Å²) < 4.78 is 0. The molecule has 2 nitrogen and oxygen atoms in total. The summed E-state index contributed by atoms with van der Waals surface area (Å²) in [4.78, 5) is 12.2. The molecule has 4 aliphatic carbocycles. The Balaban J connectivity index is -0.0000000217. The standard InChI is InChI=1S/C22H34O2.21CH4/c1-14(24)18-6-7-19-17-5-4-16-12-15(13-23)8-10-21(16,2)20(17)9-11-22(18,19)3;;;;;;;;;;;;;;;;;;;;;/h4,15,17-20,23H,5-13H2,1-3H3;21*1H4. The Bertz CT molecular complexity index is 566. The first-order chi connectivity index (χ1) is 11.4. The molecule has 302 valence electrons. The van der Waals surface area contributed by atoms with Crippen molar-refractivity contribution in [2.24, 2.45) is 40.4 Å². The van der Waals surface area contributed by atoms with Gasteiger partial charge in [-0.1, -0.05) is 181 Å². The number of aliphatic hydroxyl groups is 1. The molecule has 45 heavy (non-hydrogen) atoms. The van der Waals surface area contributed by atoms with E-state index in [4.69, 9.17) is 0 Å². The van der Waals surface area contributed by atoms with Crippen LogP contribution in [-0.4, -0.2) is 17.5 Å². The second-order valence-electron chi connectivity index (χ2n) is 9.84. The van der Waals surface area contributed by atoms with Crippen LogP contribution in [-0.2, 0) is 4.79 Å². The van der Waals surface area contributed by atoms with E-state index in [1.54, 1.807) is 5.57 Å². The van der Waals surface area contributed by atoms with E-state index >= 15 is 0 Å². The third-order valence-corrected chi connectivity index (χ3v) is 8.95. The summed E-state index contributed by atoms with van der Waals surface area (Å²) in [6, 6.07) is 0. The maximum absolute atomic E-state index is 12.2. The van der Waals surface area contributed by atoms with Crippen molar-refractivity contribution in [3.05, 3.63) is 11.6 Å². The summed E-state index contributed by atoms with van der Waals surface area (Å²) in [5.41, 5.74) is 2.28. The Morgan fingerprint density at radius 1 is 0.644 bits per heavy atom. The van der Waals surface area contributed by atoms with Gasteiger partial charge in [-0.2, -0.15) is 0 Å². The van der Waals surface area contributed by atoms with E-state index in [2.05, 4.69) is 19.9 Å². The molecule has 0 aromatic carbocycles. The number of aliphatic hydroxyl groups excluding tert-OH is 1. The monoisotopic (exact) mass is 667 g/mol. The highest BCUT2D eigenvalue weighted by Gasteiger charge is 2.59. The Morgan fingerprint density at radius 3 is 1.44 bits per heavy atom. The lowest BCUT2D eigenvalue weighted by Gasteiger charge is -2.58. The molecule has 1 N–H and O–H groups in total. The zero-order chi connectivity index (χ0) is 17.1. The van der Waals surface area contributed by atoms with Crippen molar-refractivity contribution in [1.29, 1.82) is 0 Å². The second kappa shape index (κ2) is 43.4. The quantitative estimate of drug-likeness (QED) is 0.298. The minimum Gasteiger partial charge on any atom is -0.396 e. The number of hydrogen-bond donors (Lipinski definition) is 1. The minimum absolute atomic E-state index is 0. The summed E-state index contributed by atoms with van der Waals surface area (Å²) in [5, 5.41) is 9.58. The molecular formula is C43H118O2. The van der Waals surface area contributed by atoms with E-state index < -0.39 is 0 Å². The number of allylic oxidation sites excluding steroid dienone is 2. The highest BCUT2D eigenvalue weighted by atomic mass is 16.3. The highest BCUT2D eigenvalue weighted by molar-refractivity contribution is 5.79. The number of rotatable bonds is 2. The largest absolute Gasteiger partial charge is 0.396 e. The lowest BCUT2D eigenvalue weighted by molar-refractivity contribution is -0.127. The van der Waals surface area contributed by atoms with Crippen LogP contribution < -0.4 is 0 Å². The lowest BCUT2D eigenvalue weighted by atomic mass is 9.47. The van der Waals surface area contributed by atoms with E-state index in [1.807, 2.05) is 6.92 Å². The lowest BCUT2D eigenvalue weighted by Crippen LogP contribution is -2.50. The van der Waals surface area contributed by atoms with Crippen LogP contribution in [0.25, 0.3) is 0 Å². The van der Waals surface area contributed by atoms with Gasteiger partial charge in [-0.25, -0.2) is 0 Å². The third kappa shape index (κ3) is 18.5. The van der Waals surface area contributed by atoms with Crippen LogP contribution in [0.3, 0.4) is 0 Å². The van der Waals surface area contributed by atoms with Crippen LogP contribution >= 0.6 is 0 Å². The Hall–Kier alpha value is -0.630. The summed E-state index contributed by atoms with van der Waals surface area (Å²) in [6.07, 6.45) is 12.3. The molecule has 3 saturated carbocycles. The van der Waals surface area contributed by atoms with Crippen molar-refractivity contribution >= 4 is 5.78 Å². The first-order valence-electron chi connectivity index (χ1n) is 10.2. The molecule has 4 aliphatic rings. The summed E-state index contributed by atoms with van der Waals surface area (Å²) in [5.74, 6) is 3.57. The van der Waals surface area contributed by atoms with Crippen LogP contribution in [0, 0.1) is 40.4 Å². The van der Waals surface area contributed by atoms with Crippen LogP contribution in [0.2, 0.25) is 0 Å². The van der Waals surface area contributed by atoms with Crippen molar-refractivity contribution in [1.82, 2.24) is 0 Å². The predicted molar refractivity (Wildman–Crippen MR) is 238 cm³/mol. The van der Waals surface area contributed by atoms with E-state index in [0.717, 1.165) is 30.6 Å². The third-order valence-electron chi connectivity index (χ3n) is 8.95. The van der Waals surface area contributed by atoms with Crippen LogP contribution in [0.5, 0.6) is 0 Å². The molecule has 0 amide bonds. The molecule has 0 aromatic heterocycles. The molecule has 2 heteroatoms. The Morgan fingerprint density at radius 2 is 1.07 bits per heavy atom. The smallest absolute Gasteiger partial charge is 0.133 e. The molecule has 0 saturated heterocycles. The topological polar surface area (TPSA) is 37.3 Å². The predicted octanol–water partition coefficient (Wildman–Crippen LogP) is 18.1. The normalized spacial score (nSPS) is 26.9. The van der Waals surface area contributed by atoms with Crippen molar-refractivity contribution in [3.8, 4) is 0 Å². The summed E-state index contributed by atoms with van der Waals surface area (Å²) >= 11 is 0. The highest BCUT2D eigenvalue weighted by Crippen LogP contribution is 2.66. The summed E-state index contributed by atoms with van der Waals surface area (Å²) in [6.45, 7) is 7.11. The van der Waals surface area contributed by atoms with Crippen molar-refractivity contribution in [2.45, 2.75) is 228 Å². The maximum Gasteiger partial charge on any atom is 0.133 e. The minimum atomic E-state index is 0. The molecule has 0 aromatic rings. The zero-order valence-electron chi connectivity index (χ0n) is 15.7. The van der Waals surface area contributed by atoms with Gasteiger partial charge in [-0.05, 0) is 92.8 Å². The van der Waals surface area contributed by atoms with Crippen molar-refractivity contribution < 1.29 is 9.90 Å². The average Bonchev–Trinajstić information content (AvgIpc) is 2.91.